The molecule has 41 heavy (non-hydrogen) atoms. The summed E-state index contributed by atoms with van der Waals surface area (Å²) >= 11 is 6.56. The van der Waals surface area contributed by atoms with Gasteiger partial charge in [-0.05, 0) is 61.9 Å². The van der Waals surface area contributed by atoms with Crippen LogP contribution in [0.25, 0.3) is 22.0 Å². The number of amides is 1. The van der Waals surface area contributed by atoms with Gasteiger partial charge in [-0.2, -0.15) is 5.10 Å². The molecule has 1 aliphatic rings. The minimum atomic E-state index is -0.568. The van der Waals surface area contributed by atoms with Crippen molar-refractivity contribution < 1.29 is 23.8 Å². The second kappa shape index (κ2) is 10.8. The van der Waals surface area contributed by atoms with E-state index in [4.69, 9.17) is 25.8 Å². The van der Waals surface area contributed by atoms with E-state index in [1.54, 1.807) is 48.5 Å². The number of esters is 1. The highest BCUT2D eigenvalue weighted by molar-refractivity contribution is 6.34. The Hall–Kier alpha value is -5.08. The zero-order chi connectivity index (χ0) is 28.5. The fraction of sp³-hybridized carbons (Fsp3) is 0.0938. The Bertz CT molecular complexity index is 1860. The van der Waals surface area contributed by atoms with E-state index in [1.807, 2.05) is 38.1 Å². The molecule has 1 aliphatic heterocycles. The first-order valence-electron chi connectivity index (χ1n) is 12.8. The first kappa shape index (κ1) is 26.2. The predicted octanol–water partition coefficient (Wildman–Crippen LogP) is 6.82. The largest absolute Gasteiger partial charge is 0.454 e. The molecule has 2 heterocycles. The van der Waals surface area contributed by atoms with E-state index in [-0.39, 0.29) is 12.5 Å². The van der Waals surface area contributed by atoms with Gasteiger partial charge in [0.1, 0.15) is 11.4 Å². The van der Waals surface area contributed by atoms with E-state index in [0.29, 0.717) is 38.9 Å². The van der Waals surface area contributed by atoms with Crippen molar-refractivity contribution in [2.24, 2.45) is 5.10 Å². The lowest BCUT2D eigenvalue weighted by Gasteiger charge is -2.08. The zero-order valence-electron chi connectivity index (χ0n) is 22.2. The number of nitrogens with one attached hydrogen (secondary N) is 2. The number of carbonyl (C=O) groups excluding carboxylic acids is 2. The minimum Gasteiger partial charge on any atom is -0.454 e. The van der Waals surface area contributed by atoms with Gasteiger partial charge in [-0.3, -0.25) is 4.79 Å². The number of aryl methyl sites for hydroxylation is 2. The summed E-state index contributed by atoms with van der Waals surface area (Å²) in [6, 6.07) is 23.2. The summed E-state index contributed by atoms with van der Waals surface area (Å²) in [4.78, 5) is 29.5. The second-order valence-corrected chi connectivity index (χ2v) is 9.96. The predicted molar refractivity (Wildman–Crippen MR) is 157 cm³/mol. The van der Waals surface area contributed by atoms with Crippen molar-refractivity contribution in [1.29, 1.82) is 0 Å². The lowest BCUT2D eigenvalue weighted by Crippen LogP contribution is -2.19. The second-order valence-electron chi connectivity index (χ2n) is 9.55. The molecule has 0 aliphatic carbocycles. The van der Waals surface area contributed by atoms with Crippen LogP contribution in [-0.2, 0) is 0 Å². The van der Waals surface area contributed by atoms with Crippen LogP contribution in [0.15, 0.2) is 84.0 Å². The number of carbonyl (C=O) groups is 2. The number of H-pyrrole nitrogens is 1. The summed E-state index contributed by atoms with van der Waals surface area (Å²) in [6.45, 7) is 4.11. The molecule has 0 unspecified atom stereocenters. The lowest BCUT2D eigenvalue weighted by atomic mass is 9.99. The number of fused-ring (bicyclic) bond motifs is 2. The molecule has 2 N–H and O–H groups in total. The molecule has 5 aromatic rings. The van der Waals surface area contributed by atoms with E-state index < -0.39 is 11.9 Å². The first-order valence-corrected chi connectivity index (χ1v) is 13.2. The fourth-order valence-electron chi connectivity index (χ4n) is 4.85. The number of rotatable bonds is 6. The van der Waals surface area contributed by atoms with Crippen molar-refractivity contribution in [3.8, 4) is 28.4 Å². The number of benzene rings is 4. The Labute approximate surface area is 240 Å². The molecule has 8 nitrogen and oxygen atoms in total. The maximum Gasteiger partial charge on any atom is 0.343 e. The van der Waals surface area contributed by atoms with Gasteiger partial charge in [-0.1, -0.05) is 53.6 Å². The molecule has 0 bridgehead atoms. The van der Waals surface area contributed by atoms with Crippen molar-refractivity contribution in [3.63, 3.8) is 0 Å². The maximum absolute atomic E-state index is 13.4. The highest BCUT2D eigenvalue weighted by atomic mass is 35.5. The van der Waals surface area contributed by atoms with Crippen LogP contribution in [-0.4, -0.2) is 29.9 Å². The summed E-state index contributed by atoms with van der Waals surface area (Å²) < 4.78 is 16.3. The van der Waals surface area contributed by atoms with Gasteiger partial charge in [0.15, 0.2) is 11.5 Å². The number of hydrazone groups is 1. The van der Waals surface area contributed by atoms with Crippen molar-refractivity contribution in [3.05, 3.63) is 112 Å². The molecule has 204 valence electrons. The number of ether oxygens (including phenoxy) is 3. The normalized spacial score (nSPS) is 12.2. The van der Waals surface area contributed by atoms with E-state index in [9.17, 15) is 9.59 Å². The van der Waals surface area contributed by atoms with E-state index in [0.717, 1.165) is 27.6 Å². The summed E-state index contributed by atoms with van der Waals surface area (Å²) in [5.74, 6) is 0.320. The summed E-state index contributed by atoms with van der Waals surface area (Å²) in [7, 11) is 0. The van der Waals surface area contributed by atoms with Crippen LogP contribution in [0.2, 0.25) is 5.02 Å². The van der Waals surface area contributed by atoms with E-state index >= 15 is 0 Å². The van der Waals surface area contributed by atoms with Crippen LogP contribution in [0.1, 0.15) is 37.5 Å². The molecular weight excluding hydrogens is 542 g/mol. The smallest absolute Gasteiger partial charge is 0.343 e. The highest BCUT2D eigenvalue weighted by Gasteiger charge is 2.22. The number of aromatic amines is 1. The summed E-state index contributed by atoms with van der Waals surface area (Å²) in [6.07, 6.45) is 1.42. The third kappa shape index (κ3) is 5.13. The van der Waals surface area contributed by atoms with Crippen molar-refractivity contribution >= 4 is 40.6 Å². The van der Waals surface area contributed by atoms with Gasteiger partial charge in [0, 0.05) is 32.6 Å². The number of hydrogen-bond donors (Lipinski definition) is 2. The van der Waals surface area contributed by atoms with Gasteiger partial charge < -0.3 is 19.2 Å². The summed E-state index contributed by atoms with van der Waals surface area (Å²) in [5.41, 5.74) is 8.10. The Morgan fingerprint density at radius 1 is 0.976 bits per heavy atom. The Morgan fingerprint density at radius 3 is 2.61 bits per heavy atom. The van der Waals surface area contributed by atoms with Gasteiger partial charge in [-0.15, -0.1) is 0 Å². The van der Waals surface area contributed by atoms with Crippen LogP contribution in [0.4, 0.5) is 0 Å². The average molecular weight is 566 g/mol. The van der Waals surface area contributed by atoms with E-state index in [1.165, 1.54) is 6.21 Å². The van der Waals surface area contributed by atoms with Crippen LogP contribution >= 0.6 is 11.6 Å². The number of para-hydroxylation sites is 1. The van der Waals surface area contributed by atoms with Crippen molar-refractivity contribution in [2.75, 3.05) is 6.79 Å². The third-order valence-corrected chi connectivity index (χ3v) is 7.05. The van der Waals surface area contributed by atoms with Crippen molar-refractivity contribution in [1.82, 2.24) is 10.4 Å². The van der Waals surface area contributed by atoms with Crippen LogP contribution in [0.3, 0.4) is 0 Å². The third-order valence-electron chi connectivity index (χ3n) is 6.72. The van der Waals surface area contributed by atoms with Gasteiger partial charge in [0.2, 0.25) is 6.79 Å². The van der Waals surface area contributed by atoms with Crippen LogP contribution < -0.4 is 19.6 Å². The fourth-order valence-corrected chi connectivity index (χ4v) is 5.08. The lowest BCUT2D eigenvalue weighted by molar-refractivity contribution is 0.0733. The minimum absolute atomic E-state index is 0.108. The first-order chi connectivity index (χ1) is 19.9. The highest BCUT2D eigenvalue weighted by Crippen LogP contribution is 2.38. The summed E-state index contributed by atoms with van der Waals surface area (Å²) in [5, 5.41) is 5.59. The van der Waals surface area contributed by atoms with Gasteiger partial charge in [0.05, 0.1) is 11.8 Å². The topological polar surface area (TPSA) is 102 Å². The molecule has 0 fully saturated rings. The van der Waals surface area contributed by atoms with Gasteiger partial charge in [-0.25, -0.2) is 10.2 Å². The van der Waals surface area contributed by atoms with Gasteiger partial charge >= 0.3 is 5.97 Å². The molecule has 0 radical (unpaired) electrons. The van der Waals surface area contributed by atoms with E-state index in [2.05, 4.69) is 21.6 Å². The Balaban J connectivity index is 1.26. The Kier molecular flexibility index (Phi) is 6.91. The molecule has 1 aromatic heterocycles. The Morgan fingerprint density at radius 2 is 1.76 bits per heavy atom. The molecule has 4 aromatic carbocycles. The standard InChI is InChI=1S/C32H24ClN3O5/c1-18-13-19(2)29-23(14-18)28(22-8-4-5-9-24(22)33)30(35-29)31(37)36-34-16-21-7-3-6-10-25(21)41-32(38)20-11-12-26-27(15-20)40-17-39-26/h3-16,35H,17H2,1-2H3,(H,36,37). The van der Waals surface area contributed by atoms with Crippen LogP contribution in [0.5, 0.6) is 17.2 Å². The molecule has 0 spiro atoms. The quantitative estimate of drug-likeness (QED) is 0.102. The molecule has 6 rings (SSSR count). The molecule has 0 atom stereocenters. The monoisotopic (exact) mass is 565 g/mol. The molecule has 0 saturated carbocycles. The number of halogens is 1. The molecule has 0 saturated heterocycles. The van der Waals surface area contributed by atoms with Crippen LogP contribution in [0, 0.1) is 13.8 Å². The van der Waals surface area contributed by atoms with Gasteiger partial charge in [0.25, 0.3) is 5.91 Å². The molecule has 1 amide bonds. The number of aromatic nitrogens is 1. The van der Waals surface area contributed by atoms with Crippen molar-refractivity contribution in [2.45, 2.75) is 13.8 Å². The number of nitrogens with zero attached hydrogens (tertiary/aromatic N) is 1. The average Bonchev–Trinajstić information content (AvgIpc) is 3.59. The SMILES string of the molecule is Cc1cc(C)c2[nH]c(C(=O)NN=Cc3ccccc3OC(=O)c3ccc4c(c3)OCO4)c(-c3ccccc3Cl)c2c1. The number of hydrogen-bond acceptors (Lipinski definition) is 6. The zero-order valence-corrected chi connectivity index (χ0v) is 22.9. The molecule has 9 heteroatoms. The molecular formula is C32H24ClN3O5. The maximum atomic E-state index is 13.4.